The summed E-state index contributed by atoms with van der Waals surface area (Å²) in [4.78, 5) is 0. The summed E-state index contributed by atoms with van der Waals surface area (Å²) in [5.74, 6) is 1.52. The molecule has 110 valence electrons. The van der Waals surface area contributed by atoms with E-state index in [4.69, 9.17) is 0 Å². The Kier molecular flexibility index (Phi) is 3.52. The Bertz CT molecular complexity index is 606. The average Bonchev–Trinajstić information content (AvgIpc) is 3.25. The molecule has 4 rings (SSSR count). The summed E-state index contributed by atoms with van der Waals surface area (Å²) in [6.07, 6.45) is 8.42. The van der Waals surface area contributed by atoms with E-state index >= 15 is 0 Å². The second-order valence-electron chi connectivity index (χ2n) is 6.53. The predicted octanol–water partition coefficient (Wildman–Crippen LogP) is 3.29. The molecule has 0 spiro atoms. The Morgan fingerprint density at radius 1 is 1.19 bits per heavy atom. The minimum absolute atomic E-state index is 0.735. The Balaban J connectivity index is 1.55. The number of nitrogens with zero attached hydrogens (tertiary/aromatic N) is 2. The van der Waals surface area contributed by atoms with Crippen LogP contribution >= 0.6 is 0 Å². The molecule has 1 unspecified atom stereocenters. The van der Waals surface area contributed by atoms with Crippen LogP contribution in [0.3, 0.4) is 0 Å². The van der Waals surface area contributed by atoms with Crippen molar-refractivity contribution in [2.45, 2.75) is 38.0 Å². The summed E-state index contributed by atoms with van der Waals surface area (Å²) in [7, 11) is 0. The first-order valence-corrected chi connectivity index (χ1v) is 8.24. The lowest BCUT2D eigenvalue weighted by molar-refractivity contribution is 0.376. The number of benzene rings is 1. The van der Waals surface area contributed by atoms with Crippen LogP contribution in [-0.2, 0) is 6.42 Å². The van der Waals surface area contributed by atoms with Crippen molar-refractivity contribution < 1.29 is 0 Å². The first kappa shape index (κ1) is 13.1. The maximum atomic E-state index is 4.54. The fourth-order valence-electron chi connectivity index (χ4n) is 3.46. The molecule has 1 atom stereocenters. The van der Waals surface area contributed by atoms with Gasteiger partial charge in [0.2, 0.25) is 0 Å². The molecule has 21 heavy (non-hydrogen) atoms. The van der Waals surface area contributed by atoms with E-state index in [9.17, 15) is 0 Å². The van der Waals surface area contributed by atoms with Crippen LogP contribution in [-0.4, -0.2) is 22.9 Å². The molecule has 0 radical (unpaired) electrons. The van der Waals surface area contributed by atoms with Crippen molar-refractivity contribution in [1.29, 1.82) is 0 Å². The van der Waals surface area contributed by atoms with Gasteiger partial charge < -0.3 is 5.32 Å². The van der Waals surface area contributed by atoms with E-state index < -0.39 is 0 Å². The molecule has 3 heteroatoms. The topological polar surface area (TPSA) is 29.9 Å². The van der Waals surface area contributed by atoms with E-state index in [-0.39, 0.29) is 0 Å². The van der Waals surface area contributed by atoms with Crippen molar-refractivity contribution in [3.63, 3.8) is 0 Å². The van der Waals surface area contributed by atoms with Crippen molar-refractivity contribution in [1.82, 2.24) is 15.1 Å². The van der Waals surface area contributed by atoms with Crippen LogP contribution in [0.1, 0.15) is 42.9 Å². The third-order valence-corrected chi connectivity index (χ3v) is 4.75. The minimum Gasteiger partial charge on any atom is -0.316 e. The third kappa shape index (κ3) is 2.88. The van der Waals surface area contributed by atoms with Gasteiger partial charge in [-0.1, -0.05) is 12.1 Å². The maximum Gasteiger partial charge on any atom is 0.0651 e. The van der Waals surface area contributed by atoms with Crippen LogP contribution in [0.4, 0.5) is 0 Å². The fraction of sp³-hybridized carbons (Fsp3) is 0.500. The Morgan fingerprint density at radius 2 is 2.14 bits per heavy atom. The number of rotatable bonds is 4. The van der Waals surface area contributed by atoms with Crippen LogP contribution in [0.2, 0.25) is 0 Å². The number of nitrogens with one attached hydrogen (secondary N) is 1. The van der Waals surface area contributed by atoms with Crippen LogP contribution in [0, 0.1) is 5.92 Å². The Labute approximate surface area is 126 Å². The molecule has 2 fully saturated rings. The van der Waals surface area contributed by atoms with Crippen molar-refractivity contribution >= 4 is 0 Å². The zero-order valence-corrected chi connectivity index (χ0v) is 12.5. The standard InChI is InChI=1S/C18H23N3/c1-3-14(11-15-4-2-9-19-13-15)12-17(5-1)21-18(8-10-20-21)16-6-7-16/h1,3,5,8,10,12,15-16,19H,2,4,6-7,9,11,13H2. The number of hydrogen-bond donors (Lipinski definition) is 1. The number of piperidine rings is 1. The summed E-state index contributed by atoms with van der Waals surface area (Å²) in [6, 6.07) is 11.1. The van der Waals surface area contributed by atoms with E-state index in [1.807, 2.05) is 6.20 Å². The van der Waals surface area contributed by atoms with E-state index in [2.05, 4.69) is 45.4 Å². The van der Waals surface area contributed by atoms with Gasteiger partial charge >= 0.3 is 0 Å². The first-order chi connectivity index (χ1) is 10.4. The Morgan fingerprint density at radius 3 is 2.95 bits per heavy atom. The summed E-state index contributed by atoms with van der Waals surface area (Å²) in [5, 5.41) is 8.05. The van der Waals surface area contributed by atoms with E-state index in [1.165, 1.54) is 62.1 Å². The zero-order valence-electron chi connectivity index (χ0n) is 12.5. The molecule has 1 saturated carbocycles. The normalized spacial score (nSPS) is 22.4. The summed E-state index contributed by atoms with van der Waals surface area (Å²) in [6.45, 7) is 2.36. The van der Waals surface area contributed by atoms with Crippen LogP contribution in [0.25, 0.3) is 5.69 Å². The molecule has 1 aromatic carbocycles. The molecule has 1 aliphatic carbocycles. The molecule has 1 saturated heterocycles. The van der Waals surface area contributed by atoms with Gasteiger partial charge in [0.05, 0.1) is 5.69 Å². The monoisotopic (exact) mass is 281 g/mol. The summed E-state index contributed by atoms with van der Waals surface area (Å²) < 4.78 is 2.14. The molecular weight excluding hydrogens is 258 g/mol. The fourth-order valence-corrected chi connectivity index (χ4v) is 3.46. The van der Waals surface area contributed by atoms with E-state index in [0.29, 0.717) is 0 Å². The second-order valence-corrected chi connectivity index (χ2v) is 6.53. The summed E-state index contributed by atoms with van der Waals surface area (Å²) >= 11 is 0. The lowest BCUT2D eigenvalue weighted by Gasteiger charge is -2.22. The molecule has 2 aromatic rings. The molecule has 1 aromatic heterocycles. The lowest BCUT2D eigenvalue weighted by atomic mass is 9.92. The smallest absolute Gasteiger partial charge is 0.0651 e. The molecule has 1 N–H and O–H groups in total. The quantitative estimate of drug-likeness (QED) is 0.932. The molecule has 2 heterocycles. The van der Waals surface area contributed by atoms with Gasteiger partial charge in [0, 0.05) is 17.8 Å². The van der Waals surface area contributed by atoms with Gasteiger partial charge in [-0.15, -0.1) is 0 Å². The van der Waals surface area contributed by atoms with Gasteiger partial charge in [0.1, 0.15) is 0 Å². The van der Waals surface area contributed by atoms with Crippen molar-refractivity contribution in [3.8, 4) is 5.69 Å². The first-order valence-electron chi connectivity index (χ1n) is 8.24. The molecule has 0 bridgehead atoms. The maximum absolute atomic E-state index is 4.54. The number of hydrogen-bond acceptors (Lipinski definition) is 2. The van der Waals surface area contributed by atoms with Gasteiger partial charge in [-0.25, -0.2) is 4.68 Å². The summed E-state index contributed by atoms with van der Waals surface area (Å²) in [5.41, 5.74) is 4.05. The molecule has 2 aliphatic rings. The average molecular weight is 281 g/mol. The lowest BCUT2D eigenvalue weighted by Crippen LogP contribution is -2.30. The largest absolute Gasteiger partial charge is 0.316 e. The molecule has 1 aliphatic heterocycles. The van der Waals surface area contributed by atoms with Crippen molar-refractivity contribution in [3.05, 3.63) is 47.8 Å². The highest BCUT2D eigenvalue weighted by molar-refractivity contribution is 5.38. The SMILES string of the molecule is c1cc(CC2CCCNC2)cc(-n2nccc2C2CC2)c1. The highest BCUT2D eigenvalue weighted by Gasteiger charge is 2.27. The zero-order chi connectivity index (χ0) is 14.1. The minimum atomic E-state index is 0.735. The van der Waals surface area contributed by atoms with Gasteiger partial charge in [0.15, 0.2) is 0 Å². The van der Waals surface area contributed by atoms with Crippen LogP contribution in [0.5, 0.6) is 0 Å². The van der Waals surface area contributed by atoms with Gasteiger partial charge in [-0.05, 0) is 74.9 Å². The van der Waals surface area contributed by atoms with Gasteiger partial charge in [-0.2, -0.15) is 5.10 Å². The molecule has 3 nitrogen and oxygen atoms in total. The predicted molar refractivity (Wildman–Crippen MR) is 84.8 cm³/mol. The van der Waals surface area contributed by atoms with Gasteiger partial charge in [-0.3, -0.25) is 0 Å². The van der Waals surface area contributed by atoms with Crippen molar-refractivity contribution in [2.75, 3.05) is 13.1 Å². The third-order valence-electron chi connectivity index (χ3n) is 4.75. The number of aromatic nitrogens is 2. The highest BCUT2D eigenvalue weighted by atomic mass is 15.3. The highest BCUT2D eigenvalue weighted by Crippen LogP contribution is 2.40. The van der Waals surface area contributed by atoms with Gasteiger partial charge in [0.25, 0.3) is 0 Å². The second kappa shape index (κ2) is 5.64. The van der Waals surface area contributed by atoms with Crippen LogP contribution in [0.15, 0.2) is 36.5 Å². The van der Waals surface area contributed by atoms with Crippen LogP contribution < -0.4 is 5.32 Å². The molecule has 0 amide bonds. The van der Waals surface area contributed by atoms with E-state index in [1.54, 1.807) is 0 Å². The Hall–Kier alpha value is -1.61. The van der Waals surface area contributed by atoms with Crippen molar-refractivity contribution in [2.24, 2.45) is 5.92 Å². The molecular formula is C18H23N3. The van der Waals surface area contributed by atoms with E-state index in [0.717, 1.165) is 11.8 Å².